The fourth-order valence-electron chi connectivity index (χ4n) is 1.50. The summed E-state index contributed by atoms with van der Waals surface area (Å²) >= 11 is 0. The standard InChI is InChI=1S/C11H11N3O4S/c15-11(16)9-2-1-3-10(6-9)19(17,18)5-4-14-8-12-7-13-14/h1-3,6-8H,4-5H2,(H,15,16). The highest BCUT2D eigenvalue weighted by atomic mass is 32.2. The van der Waals surface area contributed by atoms with Crippen LogP contribution in [0.15, 0.2) is 41.8 Å². The van der Waals surface area contributed by atoms with Crippen molar-refractivity contribution in [1.82, 2.24) is 14.8 Å². The van der Waals surface area contributed by atoms with Crippen molar-refractivity contribution < 1.29 is 18.3 Å². The number of aromatic carboxylic acids is 1. The second-order valence-corrected chi connectivity index (χ2v) is 5.92. The fraction of sp³-hybridized carbons (Fsp3) is 0.182. The Kier molecular flexibility index (Phi) is 3.61. The number of carboxylic acids is 1. The van der Waals surface area contributed by atoms with Crippen LogP contribution < -0.4 is 0 Å². The van der Waals surface area contributed by atoms with Gasteiger partial charge in [-0.2, -0.15) is 5.10 Å². The minimum Gasteiger partial charge on any atom is -0.478 e. The van der Waals surface area contributed by atoms with Gasteiger partial charge in [-0.3, -0.25) is 4.68 Å². The second kappa shape index (κ2) is 5.19. The van der Waals surface area contributed by atoms with Gasteiger partial charge in [-0.25, -0.2) is 18.2 Å². The smallest absolute Gasteiger partial charge is 0.335 e. The van der Waals surface area contributed by atoms with Crippen LogP contribution in [-0.4, -0.2) is 40.0 Å². The molecular formula is C11H11N3O4S. The van der Waals surface area contributed by atoms with Gasteiger partial charge in [-0.05, 0) is 18.2 Å². The highest BCUT2D eigenvalue weighted by Gasteiger charge is 2.16. The number of rotatable bonds is 5. The number of carboxylic acid groups (broad SMARTS) is 1. The Labute approximate surface area is 109 Å². The van der Waals surface area contributed by atoms with E-state index in [1.165, 1.54) is 35.5 Å². The minimum atomic E-state index is -3.54. The summed E-state index contributed by atoms with van der Waals surface area (Å²) in [6.45, 7) is 0.166. The first-order chi connectivity index (χ1) is 8.99. The van der Waals surface area contributed by atoms with E-state index in [9.17, 15) is 13.2 Å². The Balaban J connectivity index is 2.19. The monoisotopic (exact) mass is 281 g/mol. The first-order valence-electron chi connectivity index (χ1n) is 5.37. The van der Waals surface area contributed by atoms with E-state index in [0.29, 0.717) is 0 Å². The van der Waals surface area contributed by atoms with Crippen molar-refractivity contribution in [2.75, 3.05) is 5.75 Å². The summed E-state index contributed by atoms with van der Waals surface area (Å²) < 4.78 is 25.5. The van der Waals surface area contributed by atoms with Crippen molar-refractivity contribution in [2.45, 2.75) is 11.4 Å². The Morgan fingerprint density at radius 2 is 2.16 bits per heavy atom. The van der Waals surface area contributed by atoms with E-state index in [1.807, 2.05) is 0 Å². The molecule has 1 N–H and O–H groups in total. The van der Waals surface area contributed by atoms with Crippen molar-refractivity contribution >= 4 is 15.8 Å². The largest absolute Gasteiger partial charge is 0.478 e. The summed E-state index contributed by atoms with van der Waals surface area (Å²) in [5.74, 6) is -1.33. The first-order valence-corrected chi connectivity index (χ1v) is 7.03. The summed E-state index contributed by atoms with van der Waals surface area (Å²) in [7, 11) is -3.54. The van der Waals surface area contributed by atoms with Crippen molar-refractivity contribution in [3.63, 3.8) is 0 Å². The lowest BCUT2D eigenvalue weighted by molar-refractivity contribution is 0.0696. The Morgan fingerprint density at radius 3 is 2.79 bits per heavy atom. The fourth-order valence-corrected chi connectivity index (χ4v) is 2.76. The number of carbonyl (C=O) groups is 1. The number of benzene rings is 1. The van der Waals surface area contributed by atoms with Crippen molar-refractivity contribution in [2.24, 2.45) is 0 Å². The molecule has 0 bridgehead atoms. The Bertz CT molecular complexity index is 680. The molecule has 8 heteroatoms. The third-order valence-electron chi connectivity index (χ3n) is 2.50. The van der Waals surface area contributed by atoms with Gasteiger partial charge < -0.3 is 5.11 Å². The number of aromatic nitrogens is 3. The molecule has 1 aromatic heterocycles. The third kappa shape index (κ3) is 3.16. The van der Waals surface area contributed by atoms with Crippen molar-refractivity contribution in [3.05, 3.63) is 42.5 Å². The zero-order valence-electron chi connectivity index (χ0n) is 9.80. The summed E-state index contributed by atoms with van der Waals surface area (Å²) in [4.78, 5) is 14.5. The van der Waals surface area contributed by atoms with Crippen LogP contribution in [0, 0.1) is 0 Å². The normalized spacial score (nSPS) is 11.4. The summed E-state index contributed by atoms with van der Waals surface area (Å²) in [6, 6.07) is 5.28. The third-order valence-corrected chi connectivity index (χ3v) is 4.19. The van der Waals surface area contributed by atoms with E-state index in [0.717, 1.165) is 6.07 Å². The highest BCUT2D eigenvalue weighted by Crippen LogP contribution is 2.13. The maximum absolute atomic E-state index is 12.0. The topological polar surface area (TPSA) is 102 Å². The lowest BCUT2D eigenvalue weighted by Gasteiger charge is -2.05. The van der Waals surface area contributed by atoms with Crippen LogP contribution in [0.1, 0.15) is 10.4 Å². The van der Waals surface area contributed by atoms with Gasteiger partial charge >= 0.3 is 5.97 Å². The van der Waals surface area contributed by atoms with E-state index >= 15 is 0 Å². The van der Waals surface area contributed by atoms with Crippen LogP contribution in [0.3, 0.4) is 0 Å². The van der Waals surface area contributed by atoms with Crippen LogP contribution in [0.5, 0.6) is 0 Å². The lowest BCUT2D eigenvalue weighted by Crippen LogP contribution is -2.14. The van der Waals surface area contributed by atoms with Crippen molar-refractivity contribution in [3.8, 4) is 0 Å². The molecule has 0 aliphatic rings. The number of hydrogen-bond acceptors (Lipinski definition) is 5. The predicted octanol–water partition coefficient (Wildman–Crippen LogP) is 0.450. The maximum atomic E-state index is 12.0. The molecule has 0 spiro atoms. The van der Waals surface area contributed by atoms with E-state index in [-0.39, 0.29) is 22.8 Å². The zero-order valence-corrected chi connectivity index (χ0v) is 10.6. The molecule has 0 unspecified atom stereocenters. The number of hydrogen-bond donors (Lipinski definition) is 1. The molecule has 0 saturated carbocycles. The van der Waals surface area contributed by atoms with Crippen LogP contribution in [-0.2, 0) is 16.4 Å². The Morgan fingerprint density at radius 1 is 1.37 bits per heavy atom. The average molecular weight is 281 g/mol. The minimum absolute atomic E-state index is 0.00693. The van der Waals surface area contributed by atoms with Crippen LogP contribution in [0.2, 0.25) is 0 Å². The SMILES string of the molecule is O=C(O)c1cccc(S(=O)(=O)CCn2cncn2)c1. The summed E-state index contributed by atoms with van der Waals surface area (Å²) in [5, 5.41) is 12.6. The molecule has 1 heterocycles. The number of aryl methyl sites for hydroxylation is 1. The van der Waals surface area contributed by atoms with Gasteiger partial charge in [0.25, 0.3) is 0 Å². The van der Waals surface area contributed by atoms with E-state index in [4.69, 9.17) is 5.11 Å². The van der Waals surface area contributed by atoms with Gasteiger partial charge in [0.05, 0.1) is 22.8 Å². The van der Waals surface area contributed by atoms with Gasteiger partial charge in [0.1, 0.15) is 12.7 Å². The van der Waals surface area contributed by atoms with E-state index in [2.05, 4.69) is 10.1 Å². The van der Waals surface area contributed by atoms with Gasteiger partial charge in [-0.1, -0.05) is 6.07 Å². The molecule has 2 aromatic rings. The van der Waals surface area contributed by atoms with Crippen LogP contribution in [0.25, 0.3) is 0 Å². The molecule has 0 atom stereocenters. The van der Waals surface area contributed by atoms with E-state index < -0.39 is 15.8 Å². The molecule has 7 nitrogen and oxygen atoms in total. The van der Waals surface area contributed by atoms with Crippen LogP contribution >= 0.6 is 0 Å². The molecule has 0 radical (unpaired) electrons. The van der Waals surface area contributed by atoms with Gasteiger partial charge in [-0.15, -0.1) is 0 Å². The van der Waals surface area contributed by atoms with Gasteiger partial charge in [0.15, 0.2) is 9.84 Å². The molecule has 0 fully saturated rings. The van der Waals surface area contributed by atoms with Gasteiger partial charge in [0, 0.05) is 0 Å². The molecule has 0 aliphatic carbocycles. The second-order valence-electron chi connectivity index (χ2n) is 3.81. The first kappa shape index (κ1) is 13.2. The Hall–Kier alpha value is -2.22. The highest BCUT2D eigenvalue weighted by molar-refractivity contribution is 7.91. The summed E-state index contributed by atoms with van der Waals surface area (Å²) in [5.41, 5.74) is -0.0539. The molecular weight excluding hydrogens is 270 g/mol. The predicted molar refractivity (Wildman–Crippen MR) is 65.5 cm³/mol. The molecule has 100 valence electrons. The lowest BCUT2D eigenvalue weighted by atomic mass is 10.2. The molecule has 2 rings (SSSR count). The molecule has 0 aliphatic heterocycles. The van der Waals surface area contributed by atoms with Gasteiger partial charge in [0.2, 0.25) is 0 Å². The average Bonchev–Trinajstić information content (AvgIpc) is 2.90. The molecule has 0 amide bonds. The number of sulfone groups is 1. The van der Waals surface area contributed by atoms with Crippen molar-refractivity contribution in [1.29, 1.82) is 0 Å². The number of nitrogens with zero attached hydrogens (tertiary/aromatic N) is 3. The molecule has 19 heavy (non-hydrogen) atoms. The van der Waals surface area contributed by atoms with Crippen LogP contribution in [0.4, 0.5) is 0 Å². The quantitative estimate of drug-likeness (QED) is 0.853. The molecule has 1 aromatic carbocycles. The molecule has 0 saturated heterocycles. The van der Waals surface area contributed by atoms with E-state index in [1.54, 1.807) is 0 Å². The summed E-state index contributed by atoms with van der Waals surface area (Å²) in [6.07, 6.45) is 2.74. The zero-order chi connectivity index (χ0) is 13.9. The maximum Gasteiger partial charge on any atom is 0.335 e.